The fraction of sp³-hybridized carbons (Fsp3) is 0.133. The molecule has 0 amide bonds. The number of halogens is 3. The molecular formula is C15H12F3N3O. The predicted octanol–water partition coefficient (Wildman–Crippen LogP) is 3.53. The Morgan fingerprint density at radius 1 is 1.18 bits per heavy atom. The van der Waals surface area contributed by atoms with Crippen LogP contribution in [0, 0.1) is 0 Å². The topological polar surface area (TPSA) is 46.8 Å². The summed E-state index contributed by atoms with van der Waals surface area (Å²) in [5.74, 6) is 0.241. The van der Waals surface area contributed by atoms with Gasteiger partial charge in [0.2, 0.25) is 5.90 Å². The summed E-state index contributed by atoms with van der Waals surface area (Å²) in [6.07, 6.45) is -0.0158. The zero-order chi connectivity index (χ0) is 16.0. The fourth-order valence-corrected chi connectivity index (χ4v) is 1.65. The molecule has 0 aliphatic heterocycles. The highest BCUT2D eigenvalue weighted by molar-refractivity contribution is 5.94. The van der Waals surface area contributed by atoms with Gasteiger partial charge in [-0.15, -0.1) is 5.10 Å². The normalized spacial score (nSPS) is 12.6. The van der Waals surface area contributed by atoms with E-state index in [1.54, 1.807) is 24.5 Å². The molecule has 2 rings (SSSR count). The van der Waals surface area contributed by atoms with Crippen LogP contribution in [0.15, 0.2) is 59.0 Å². The number of nitrogens with zero attached hydrogens (tertiary/aromatic N) is 3. The molecule has 0 aliphatic rings. The van der Waals surface area contributed by atoms with Gasteiger partial charge in [0.25, 0.3) is 0 Å². The van der Waals surface area contributed by atoms with Crippen molar-refractivity contribution in [3.8, 4) is 0 Å². The average Bonchev–Trinajstić information content (AvgIpc) is 2.52. The number of methoxy groups -OCH3 is 1. The SMILES string of the molecule is COC(=NN=Cc1cccc(C(F)(F)F)c1)c1ccncc1. The molecule has 0 saturated carbocycles. The number of rotatable bonds is 3. The van der Waals surface area contributed by atoms with Gasteiger partial charge in [-0.05, 0) is 29.8 Å². The lowest BCUT2D eigenvalue weighted by Crippen LogP contribution is -2.05. The van der Waals surface area contributed by atoms with E-state index < -0.39 is 11.7 Å². The monoisotopic (exact) mass is 307 g/mol. The second-order valence-electron chi connectivity index (χ2n) is 4.21. The van der Waals surface area contributed by atoms with Crippen LogP contribution in [-0.2, 0) is 10.9 Å². The summed E-state index contributed by atoms with van der Waals surface area (Å²) in [5.41, 5.74) is 0.226. The number of hydrogen-bond acceptors (Lipinski definition) is 4. The number of benzene rings is 1. The molecule has 1 aromatic heterocycles. The van der Waals surface area contributed by atoms with E-state index in [-0.39, 0.29) is 5.90 Å². The predicted molar refractivity (Wildman–Crippen MR) is 76.8 cm³/mol. The van der Waals surface area contributed by atoms with Crippen molar-refractivity contribution in [3.05, 3.63) is 65.5 Å². The van der Waals surface area contributed by atoms with Crippen LogP contribution < -0.4 is 0 Å². The van der Waals surface area contributed by atoms with Gasteiger partial charge in [0.15, 0.2) is 0 Å². The summed E-state index contributed by atoms with van der Waals surface area (Å²) in [6.45, 7) is 0. The van der Waals surface area contributed by atoms with Crippen molar-refractivity contribution < 1.29 is 17.9 Å². The van der Waals surface area contributed by atoms with Crippen LogP contribution in [0.2, 0.25) is 0 Å². The molecule has 2 aromatic rings. The van der Waals surface area contributed by atoms with Crippen LogP contribution in [0.3, 0.4) is 0 Å². The second kappa shape index (κ2) is 6.84. The van der Waals surface area contributed by atoms with Crippen LogP contribution in [-0.4, -0.2) is 24.2 Å². The maximum Gasteiger partial charge on any atom is 0.416 e. The molecule has 0 radical (unpaired) electrons. The molecular weight excluding hydrogens is 295 g/mol. The molecule has 7 heteroatoms. The van der Waals surface area contributed by atoms with Crippen molar-refractivity contribution in [1.82, 2.24) is 4.98 Å². The minimum atomic E-state index is -4.39. The molecule has 0 atom stereocenters. The first-order chi connectivity index (χ1) is 10.5. The third-order valence-corrected chi connectivity index (χ3v) is 2.69. The van der Waals surface area contributed by atoms with Gasteiger partial charge in [-0.3, -0.25) is 4.98 Å². The molecule has 114 valence electrons. The summed E-state index contributed by atoms with van der Waals surface area (Å²) in [4.78, 5) is 3.87. The zero-order valence-electron chi connectivity index (χ0n) is 11.6. The van der Waals surface area contributed by atoms with Gasteiger partial charge in [0.05, 0.1) is 18.9 Å². The van der Waals surface area contributed by atoms with Gasteiger partial charge in [0.1, 0.15) is 0 Å². The minimum Gasteiger partial charge on any atom is -0.479 e. The second-order valence-corrected chi connectivity index (χ2v) is 4.21. The van der Waals surface area contributed by atoms with E-state index in [9.17, 15) is 13.2 Å². The van der Waals surface area contributed by atoms with Crippen molar-refractivity contribution in [1.29, 1.82) is 0 Å². The Bertz CT molecular complexity index is 682. The standard InChI is InChI=1S/C15H12F3N3O/c1-22-14(12-5-7-19-8-6-12)21-20-10-11-3-2-4-13(9-11)15(16,17)18/h2-10H,1H3. The van der Waals surface area contributed by atoms with Crippen LogP contribution in [0.5, 0.6) is 0 Å². The highest BCUT2D eigenvalue weighted by Crippen LogP contribution is 2.29. The molecule has 22 heavy (non-hydrogen) atoms. The maximum atomic E-state index is 12.6. The highest BCUT2D eigenvalue weighted by Gasteiger charge is 2.30. The molecule has 0 bridgehead atoms. The van der Waals surface area contributed by atoms with Crippen LogP contribution in [0.1, 0.15) is 16.7 Å². The lowest BCUT2D eigenvalue weighted by molar-refractivity contribution is -0.137. The molecule has 0 fully saturated rings. The van der Waals surface area contributed by atoms with E-state index in [4.69, 9.17) is 4.74 Å². The summed E-state index contributed by atoms with van der Waals surface area (Å²) in [6, 6.07) is 8.18. The molecule has 0 aliphatic carbocycles. The van der Waals surface area contributed by atoms with E-state index >= 15 is 0 Å². The van der Waals surface area contributed by atoms with Gasteiger partial charge in [0, 0.05) is 18.0 Å². The Labute approximate surface area is 125 Å². The van der Waals surface area contributed by atoms with Crippen LogP contribution in [0.4, 0.5) is 13.2 Å². The summed E-state index contributed by atoms with van der Waals surface area (Å²) in [7, 11) is 1.43. The maximum absolute atomic E-state index is 12.6. The molecule has 0 spiro atoms. The van der Waals surface area contributed by atoms with Gasteiger partial charge in [-0.2, -0.15) is 18.3 Å². The Morgan fingerprint density at radius 2 is 1.91 bits per heavy atom. The van der Waals surface area contributed by atoms with Crippen LogP contribution in [0.25, 0.3) is 0 Å². The average molecular weight is 307 g/mol. The van der Waals surface area contributed by atoms with Gasteiger partial charge in [-0.1, -0.05) is 12.1 Å². The summed E-state index contributed by atoms with van der Waals surface area (Å²) in [5, 5.41) is 7.62. The van der Waals surface area contributed by atoms with Gasteiger partial charge >= 0.3 is 6.18 Å². The largest absolute Gasteiger partial charge is 0.479 e. The molecule has 1 heterocycles. The van der Waals surface area contributed by atoms with Crippen LogP contribution >= 0.6 is 0 Å². The molecule has 4 nitrogen and oxygen atoms in total. The number of pyridine rings is 1. The first kappa shape index (κ1) is 15.7. The third kappa shape index (κ3) is 4.15. The highest BCUT2D eigenvalue weighted by atomic mass is 19.4. The number of aromatic nitrogens is 1. The van der Waals surface area contributed by atoms with Gasteiger partial charge in [-0.25, -0.2) is 0 Å². The Balaban J connectivity index is 2.19. The third-order valence-electron chi connectivity index (χ3n) is 2.69. The van der Waals surface area contributed by atoms with Crippen molar-refractivity contribution in [2.75, 3.05) is 7.11 Å². The lowest BCUT2D eigenvalue weighted by Gasteiger charge is -2.06. The fourth-order valence-electron chi connectivity index (χ4n) is 1.65. The van der Waals surface area contributed by atoms with Crippen molar-refractivity contribution in [3.63, 3.8) is 0 Å². The minimum absolute atomic E-state index is 0.241. The first-order valence-electron chi connectivity index (χ1n) is 6.23. The number of hydrogen-bond donors (Lipinski definition) is 0. The smallest absolute Gasteiger partial charge is 0.416 e. The van der Waals surface area contributed by atoms with Crippen molar-refractivity contribution >= 4 is 12.1 Å². The van der Waals surface area contributed by atoms with E-state index in [1.807, 2.05) is 0 Å². The first-order valence-corrected chi connectivity index (χ1v) is 6.23. The molecule has 0 saturated heterocycles. The summed E-state index contributed by atoms with van der Waals surface area (Å²) >= 11 is 0. The molecule has 1 aromatic carbocycles. The number of ether oxygens (including phenoxy) is 1. The van der Waals surface area contributed by atoms with Crippen molar-refractivity contribution in [2.24, 2.45) is 10.2 Å². The summed E-state index contributed by atoms with van der Waals surface area (Å²) < 4.78 is 42.9. The molecule has 0 unspecified atom stereocenters. The van der Waals surface area contributed by atoms with Crippen molar-refractivity contribution in [2.45, 2.75) is 6.18 Å². The quantitative estimate of drug-likeness (QED) is 0.495. The van der Waals surface area contributed by atoms with E-state index in [0.717, 1.165) is 12.1 Å². The van der Waals surface area contributed by atoms with E-state index in [0.29, 0.717) is 11.1 Å². The van der Waals surface area contributed by atoms with E-state index in [2.05, 4.69) is 15.2 Å². The Kier molecular flexibility index (Phi) is 4.88. The zero-order valence-corrected chi connectivity index (χ0v) is 11.6. The Hall–Kier alpha value is -2.70. The lowest BCUT2D eigenvalue weighted by atomic mass is 10.1. The van der Waals surface area contributed by atoms with E-state index in [1.165, 1.54) is 25.5 Å². The molecule has 0 N–H and O–H groups in total. The number of alkyl halides is 3. The van der Waals surface area contributed by atoms with Gasteiger partial charge < -0.3 is 4.74 Å². The Morgan fingerprint density at radius 3 is 2.55 bits per heavy atom.